The molecule has 0 nitrogen and oxygen atoms in total. The summed E-state index contributed by atoms with van der Waals surface area (Å²) in [6.07, 6.45) is 0. The second-order valence-electron chi connectivity index (χ2n) is 6.29. The Morgan fingerprint density at radius 3 is 1.73 bits per heavy atom. The third-order valence-electron chi connectivity index (χ3n) is 4.65. The Morgan fingerprint density at radius 1 is 0.462 bits per heavy atom. The molecule has 124 valence electrons. The van der Waals surface area contributed by atoms with Crippen molar-refractivity contribution in [1.82, 2.24) is 0 Å². The molecule has 0 fully saturated rings. The number of thiophene rings is 1. The Morgan fingerprint density at radius 2 is 1.04 bits per heavy atom. The second kappa shape index (κ2) is 6.68. The molecule has 5 aromatic rings. The van der Waals surface area contributed by atoms with Gasteiger partial charge in [0.05, 0.1) is 0 Å². The highest BCUT2D eigenvalue weighted by atomic mass is 32.1. The fraction of sp³-hybridized carbons (Fsp3) is 0. The third kappa shape index (κ3) is 2.74. The highest BCUT2D eigenvalue weighted by Gasteiger charge is 2.17. The van der Waals surface area contributed by atoms with Crippen LogP contribution in [0.2, 0.25) is 0 Å². The van der Waals surface area contributed by atoms with Gasteiger partial charge < -0.3 is 0 Å². The molecule has 0 atom stereocenters. The van der Waals surface area contributed by atoms with Gasteiger partial charge in [-0.15, -0.1) is 11.3 Å². The predicted molar refractivity (Wildman–Crippen MR) is 118 cm³/mol. The fourth-order valence-electron chi connectivity index (χ4n) is 3.45. The molecule has 0 radical (unpaired) electrons. The van der Waals surface area contributed by atoms with E-state index in [1.54, 1.807) is 0 Å². The lowest BCUT2D eigenvalue weighted by Crippen LogP contribution is -2.20. The van der Waals surface area contributed by atoms with Gasteiger partial charge in [0, 0.05) is 20.2 Å². The van der Waals surface area contributed by atoms with Crippen molar-refractivity contribution in [3.05, 3.63) is 103 Å². The molecule has 1 heterocycles. The van der Waals surface area contributed by atoms with Crippen LogP contribution >= 0.6 is 19.3 Å². The largest absolute Gasteiger partial charge is 0.135 e. The van der Waals surface area contributed by atoms with Gasteiger partial charge in [0.25, 0.3) is 0 Å². The van der Waals surface area contributed by atoms with Gasteiger partial charge >= 0.3 is 0 Å². The molecular formula is C24H17PS. The van der Waals surface area contributed by atoms with E-state index in [1.165, 1.54) is 36.1 Å². The van der Waals surface area contributed by atoms with E-state index < -0.39 is 7.92 Å². The first kappa shape index (κ1) is 15.8. The molecule has 0 aliphatic heterocycles. The summed E-state index contributed by atoms with van der Waals surface area (Å²) in [6.45, 7) is 0. The smallest absolute Gasteiger partial charge is 0.0355 e. The van der Waals surface area contributed by atoms with Crippen LogP contribution in [0.3, 0.4) is 0 Å². The van der Waals surface area contributed by atoms with E-state index >= 15 is 0 Å². The van der Waals surface area contributed by atoms with Crippen LogP contribution in [0.15, 0.2) is 103 Å². The zero-order valence-corrected chi connectivity index (χ0v) is 15.9. The first-order valence-electron chi connectivity index (χ1n) is 8.72. The van der Waals surface area contributed by atoms with Crippen molar-refractivity contribution < 1.29 is 0 Å². The molecule has 0 aliphatic carbocycles. The maximum absolute atomic E-state index is 2.42. The van der Waals surface area contributed by atoms with Crippen LogP contribution in [0.1, 0.15) is 0 Å². The molecule has 0 bridgehead atoms. The Balaban J connectivity index is 1.75. The third-order valence-corrected chi connectivity index (χ3v) is 8.22. The highest BCUT2D eigenvalue weighted by Crippen LogP contribution is 2.37. The maximum atomic E-state index is 2.42. The standard InChI is InChI=1S/C24H17PS/c1-3-9-18(10-4-1)25(19-11-5-2-6-12-19)20-15-16-24-22(17-20)21-13-7-8-14-23(21)26-24/h1-17H. The van der Waals surface area contributed by atoms with Crippen LogP contribution < -0.4 is 15.9 Å². The lowest BCUT2D eigenvalue weighted by Gasteiger charge is -2.19. The van der Waals surface area contributed by atoms with Crippen LogP contribution in [0.25, 0.3) is 20.2 Å². The van der Waals surface area contributed by atoms with Crippen LogP contribution in [-0.2, 0) is 0 Å². The summed E-state index contributed by atoms with van der Waals surface area (Å²) in [5.41, 5.74) is 0. The first-order valence-corrected chi connectivity index (χ1v) is 10.9. The van der Waals surface area contributed by atoms with Crippen LogP contribution in [0.4, 0.5) is 0 Å². The minimum Gasteiger partial charge on any atom is -0.135 e. The number of hydrogen-bond acceptors (Lipinski definition) is 1. The normalized spacial score (nSPS) is 11.4. The molecule has 1 aromatic heterocycles. The van der Waals surface area contributed by atoms with Gasteiger partial charge in [0.15, 0.2) is 0 Å². The number of fused-ring (bicyclic) bond motifs is 3. The lowest BCUT2D eigenvalue weighted by atomic mass is 10.1. The first-order chi connectivity index (χ1) is 12.9. The van der Waals surface area contributed by atoms with E-state index in [0.717, 1.165) is 0 Å². The maximum Gasteiger partial charge on any atom is 0.0355 e. The SMILES string of the molecule is c1ccc(P(c2ccccc2)c2ccc3sc4ccccc4c3c2)cc1. The quantitative estimate of drug-likeness (QED) is 0.352. The average molecular weight is 368 g/mol. The minimum atomic E-state index is -0.551. The lowest BCUT2D eigenvalue weighted by molar-refractivity contribution is 1.75. The van der Waals surface area contributed by atoms with Gasteiger partial charge in [-0.3, -0.25) is 0 Å². The Labute approximate surface area is 158 Å². The Kier molecular flexibility index (Phi) is 4.05. The summed E-state index contributed by atoms with van der Waals surface area (Å²) in [6, 6.07) is 37.6. The van der Waals surface area contributed by atoms with Crippen molar-refractivity contribution in [2.24, 2.45) is 0 Å². The van der Waals surface area contributed by atoms with Crippen molar-refractivity contribution in [3.8, 4) is 0 Å². The van der Waals surface area contributed by atoms with Crippen LogP contribution in [0, 0.1) is 0 Å². The van der Waals surface area contributed by atoms with Gasteiger partial charge in [-0.05, 0) is 42.0 Å². The molecule has 0 saturated carbocycles. The Bertz CT molecular complexity index is 1140. The molecular weight excluding hydrogens is 351 g/mol. The number of rotatable bonds is 3. The van der Waals surface area contributed by atoms with E-state index in [2.05, 4.69) is 103 Å². The molecule has 0 spiro atoms. The van der Waals surface area contributed by atoms with Crippen molar-refractivity contribution in [2.75, 3.05) is 0 Å². The van der Waals surface area contributed by atoms with Crippen molar-refractivity contribution >= 4 is 55.3 Å². The van der Waals surface area contributed by atoms with Crippen LogP contribution in [0.5, 0.6) is 0 Å². The molecule has 0 saturated heterocycles. The summed E-state index contributed by atoms with van der Waals surface area (Å²) >= 11 is 1.88. The zero-order valence-electron chi connectivity index (χ0n) is 14.2. The Hall–Kier alpha value is -2.47. The monoisotopic (exact) mass is 368 g/mol. The second-order valence-corrected chi connectivity index (χ2v) is 9.59. The topological polar surface area (TPSA) is 0 Å². The number of benzene rings is 4. The molecule has 0 aliphatic rings. The molecule has 2 heteroatoms. The summed E-state index contributed by atoms with van der Waals surface area (Å²) in [5, 5.41) is 6.95. The molecule has 5 rings (SSSR count). The van der Waals surface area contributed by atoms with E-state index in [0.29, 0.717) is 0 Å². The van der Waals surface area contributed by atoms with E-state index in [1.807, 2.05) is 11.3 Å². The molecule has 0 amide bonds. The fourth-order valence-corrected chi connectivity index (χ4v) is 6.86. The van der Waals surface area contributed by atoms with Crippen molar-refractivity contribution in [2.45, 2.75) is 0 Å². The van der Waals surface area contributed by atoms with Gasteiger partial charge in [-0.2, -0.15) is 0 Å². The molecule has 26 heavy (non-hydrogen) atoms. The highest BCUT2D eigenvalue weighted by molar-refractivity contribution is 7.79. The molecule has 0 N–H and O–H groups in total. The van der Waals surface area contributed by atoms with Gasteiger partial charge in [-0.25, -0.2) is 0 Å². The van der Waals surface area contributed by atoms with Gasteiger partial charge in [0.2, 0.25) is 0 Å². The minimum absolute atomic E-state index is 0.551. The number of hydrogen-bond donors (Lipinski definition) is 0. The summed E-state index contributed by atoms with van der Waals surface area (Å²) in [5.74, 6) is 0. The summed E-state index contributed by atoms with van der Waals surface area (Å²) in [7, 11) is -0.551. The van der Waals surface area contributed by atoms with Crippen molar-refractivity contribution in [3.63, 3.8) is 0 Å². The zero-order chi connectivity index (χ0) is 17.3. The molecule has 0 unspecified atom stereocenters. The average Bonchev–Trinajstić information content (AvgIpc) is 3.08. The van der Waals surface area contributed by atoms with E-state index in [9.17, 15) is 0 Å². The predicted octanol–water partition coefficient (Wildman–Crippen LogP) is 5.81. The summed E-state index contributed by atoms with van der Waals surface area (Å²) < 4.78 is 2.73. The van der Waals surface area contributed by atoms with Crippen LogP contribution in [-0.4, -0.2) is 0 Å². The van der Waals surface area contributed by atoms with E-state index in [4.69, 9.17) is 0 Å². The summed E-state index contributed by atoms with van der Waals surface area (Å²) in [4.78, 5) is 0. The van der Waals surface area contributed by atoms with E-state index in [-0.39, 0.29) is 0 Å². The van der Waals surface area contributed by atoms with Gasteiger partial charge in [-0.1, -0.05) is 84.9 Å². The van der Waals surface area contributed by atoms with Crippen molar-refractivity contribution in [1.29, 1.82) is 0 Å². The molecule has 4 aromatic carbocycles. The van der Waals surface area contributed by atoms with Gasteiger partial charge in [0.1, 0.15) is 0 Å².